The Labute approximate surface area is 139 Å². The summed E-state index contributed by atoms with van der Waals surface area (Å²) >= 11 is 0. The third-order valence-corrected chi connectivity index (χ3v) is 4.15. The fraction of sp³-hybridized carbons (Fsp3) is 0.278. The molecule has 0 N–H and O–H groups in total. The molecule has 0 aromatic heterocycles. The lowest BCUT2D eigenvalue weighted by atomic mass is 10.1. The summed E-state index contributed by atoms with van der Waals surface area (Å²) in [6.07, 6.45) is 0. The van der Waals surface area contributed by atoms with Crippen molar-refractivity contribution in [2.75, 3.05) is 38.2 Å². The molecule has 1 aliphatic heterocycles. The average molecular weight is 332 g/mol. The molecular formula is C18H18F2N2O2. The second-order valence-corrected chi connectivity index (χ2v) is 5.61. The topological polar surface area (TPSA) is 32.8 Å². The SMILES string of the molecule is COc1cccc(C(=O)N2CCN(c3ccc(F)c(F)c3)CC2)c1. The largest absolute Gasteiger partial charge is 0.497 e. The molecule has 1 aliphatic rings. The van der Waals surface area contributed by atoms with Crippen molar-refractivity contribution in [3.63, 3.8) is 0 Å². The summed E-state index contributed by atoms with van der Waals surface area (Å²) in [6.45, 7) is 2.19. The van der Waals surface area contributed by atoms with Crippen LogP contribution in [0, 0.1) is 11.6 Å². The number of methoxy groups -OCH3 is 1. The van der Waals surface area contributed by atoms with E-state index in [9.17, 15) is 13.6 Å². The van der Waals surface area contributed by atoms with E-state index in [0.717, 1.165) is 6.07 Å². The molecule has 2 aromatic carbocycles. The molecule has 4 nitrogen and oxygen atoms in total. The number of anilines is 1. The Morgan fingerprint density at radius 2 is 1.75 bits per heavy atom. The highest BCUT2D eigenvalue weighted by atomic mass is 19.2. The number of rotatable bonds is 3. The molecule has 1 saturated heterocycles. The van der Waals surface area contributed by atoms with Crippen LogP contribution in [0.25, 0.3) is 0 Å². The predicted molar refractivity (Wildman–Crippen MR) is 87.5 cm³/mol. The Hall–Kier alpha value is -2.63. The molecule has 0 spiro atoms. The average Bonchev–Trinajstić information content (AvgIpc) is 2.63. The quantitative estimate of drug-likeness (QED) is 0.866. The van der Waals surface area contributed by atoms with Gasteiger partial charge in [0.15, 0.2) is 11.6 Å². The van der Waals surface area contributed by atoms with Crippen molar-refractivity contribution in [3.05, 3.63) is 59.7 Å². The summed E-state index contributed by atoms with van der Waals surface area (Å²) in [5, 5.41) is 0. The summed E-state index contributed by atoms with van der Waals surface area (Å²) in [4.78, 5) is 16.2. The van der Waals surface area contributed by atoms with Gasteiger partial charge in [-0.1, -0.05) is 6.07 Å². The maximum atomic E-state index is 13.4. The normalized spacial score (nSPS) is 14.6. The molecule has 2 aromatic rings. The van der Waals surface area contributed by atoms with Crippen LogP contribution in [-0.2, 0) is 0 Å². The second-order valence-electron chi connectivity index (χ2n) is 5.61. The number of hydrogen-bond donors (Lipinski definition) is 0. The van der Waals surface area contributed by atoms with Gasteiger partial charge in [-0.2, -0.15) is 0 Å². The zero-order chi connectivity index (χ0) is 17.1. The molecular weight excluding hydrogens is 314 g/mol. The molecule has 0 atom stereocenters. The summed E-state index contributed by atoms with van der Waals surface area (Å²) in [7, 11) is 1.56. The molecule has 1 heterocycles. The van der Waals surface area contributed by atoms with Crippen molar-refractivity contribution in [1.29, 1.82) is 0 Å². The molecule has 0 saturated carbocycles. The van der Waals surface area contributed by atoms with E-state index in [1.165, 1.54) is 6.07 Å². The van der Waals surface area contributed by atoms with Gasteiger partial charge >= 0.3 is 0 Å². The van der Waals surface area contributed by atoms with Crippen LogP contribution >= 0.6 is 0 Å². The van der Waals surface area contributed by atoms with E-state index in [4.69, 9.17) is 4.74 Å². The van der Waals surface area contributed by atoms with Gasteiger partial charge in [-0.3, -0.25) is 4.79 Å². The first-order chi connectivity index (χ1) is 11.6. The molecule has 1 amide bonds. The third-order valence-electron chi connectivity index (χ3n) is 4.15. The van der Waals surface area contributed by atoms with E-state index >= 15 is 0 Å². The summed E-state index contributed by atoms with van der Waals surface area (Å²) in [5.41, 5.74) is 1.21. The van der Waals surface area contributed by atoms with E-state index in [2.05, 4.69) is 0 Å². The minimum atomic E-state index is -0.859. The second kappa shape index (κ2) is 6.86. The number of hydrogen-bond acceptors (Lipinski definition) is 3. The lowest BCUT2D eigenvalue weighted by molar-refractivity contribution is 0.0746. The van der Waals surface area contributed by atoms with Crippen LogP contribution in [0.3, 0.4) is 0 Å². The predicted octanol–water partition coefficient (Wildman–Crippen LogP) is 2.94. The van der Waals surface area contributed by atoms with Gasteiger partial charge in [-0.25, -0.2) is 8.78 Å². The zero-order valence-electron chi connectivity index (χ0n) is 13.3. The first-order valence-electron chi connectivity index (χ1n) is 7.72. The number of carbonyl (C=O) groups is 1. The first kappa shape index (κ1) is 16.2. The number of benzene rings is 2. The third kappa shape index (κ3) is 3.32. The van der Waals surface area contributed by atoms with Crippen LogP contribution < -0.4 is 9.64 Å². The summed E-state index contributed by atoms with van der Waals surface area (Å²) < 4.78 is 31.5. The van der Waals surface area contributed by atoms with E-state index in [1.54, 1.807) is 42.3 Å². The van der Waals surface area contributed by atoms with Gasteiger partial charge in [0.25, 0.3) is 5.91 Å². The van der Waals surface area contributed by atoms with Crippen molar-refractivity contribution in [2.45, 2.75) is 0 Å². The van der Waals surface area contributed by atoms with Crippen molar-refractivity contribution in [1.82, 2.24) is 4.90 Å². The maximum absolute atomic E-state index is 13.4. The van der Waals surface area contributed by atoms with E-state index in [0.29, 0.717) is 43.2 Å². The molecule has 0 bridgehead atoms. The number of carbonyl (C=O) groups excluding carboxylic acids is 1. The number of ether oxygens (including phenoxy) is 1. The first-order valence-corrected chi connectivity index (χ1v) is 7.72. The van der Waals surface area contributed by atoms with Gasteiger partial charge in [0.1, 0.15) is 5.75 Å². The highest BCUT2D eigenvalue weighted by Crippen LogP contribution is 2.21. The standard InChI is InChI=1S/C18H18F2N2O2/c1-24-15-4-2-3-13(11-15)18(23)22-9-7-21(8-10-22)14-5-6-16(19)17(20)12-14/h2-6,11-12H,7-10H2,1H3. The Kier molecular flexibility index (Phi) is 4.64. The van der Waals surface area contributed by atoms with Gasteiger partial charge < -0.3 is 14.5 Å². The van der Waals surface area contributed by atoms with Gasteiger partial charge in [0, 0.05) is 43.5 Å². The fourth-order valence-corrected chi connectivity index (χ4v) is 2.79. The van der Waals surface area contributed by atoms with E-state index in [1.807, 2.05) is 4.90 Å². The minimum Gasteiger partial charge on any atom is -0.497 e. The number of amides is 1. The molecule has 0 aliphatic carbocycles. The monoisotopic (exact) mass is 332 g/mol. The lowest BCUT2D eigenvalue weighted by Crippen LogP contribution is -2.48. The van der Waals surface area contributed by atoms with Gasteiger partial charge in [-0.15, -0.1) is 0 Å². The van der Waals surface area contributed by atoms with Crippen LogP contribution in [0.15, 0.2) is 42.5 Å². The maximum Gasteiger partial charge on any atom is 0.254 e. The Bertz CT molecular complexity index is 744. The Morgan fingerprint density at radius 3 is 2.42 bits per heavy atom. The van der Waals surface area contributed by atoms with Crippen LogP contribution in [-0.4, -0.2) is 44.1 Å². The minimum absolute atomic E-state index is 0.0566. The number of piperazine rings is 1. The molecule has 6 heteroatoms. The highest BCUT2D eigenvalue weighted by Gasteiger charge is 2.23. The van der Waals surface area contributed by atoms with Crippen LogP contribution in [0.4, 0.5) is 14.5 Å². The summed E-state index contributed by atoms with van der Waals surface area (Å²) in [5.74, 6) is -1.13. The molecule has 126 valence electrons. The summed E-state index contributed by atoms with van der Waals surface area (Å²) in [6, 6.07) is 10.9. The molecule has 24 heavy (non-hydrogen) atoms. The van der Waals surface area contributed by atoms with Crippen LogP contribution in [0.2, 0.25) is 0 Å². The number of halogens is 2. The Morgan fingerprint density at radius 1 is 1.00 bits per heavy atom. The lowest BCUT2D eigenvalue weighted by Gasteiger charge is -2.36. The smallest absolute Gasteiger partial charge is 0.254 e. The van der Waals surface area contributed by atoms with Crippen LogP contribution in [0.1, 0.15) is 10.4 Å². The van der Waals surface area contributed by atoms with E-state index < -0.39 is 11.6 Å². The molecule has 0 radical (unpaired) electrons. The number of nitrogens with zero attached hydrogens (tertiary/aromatic N) is 2. The fourth-order valence-electron chi connectivity index (χ4n) is 2.79. The highest BCUT2D eigenvalue weighted by molar-refractivity contribution is 5.94. The molecule has 3 rings (SSSR count). The van der Waals surface area contributed by atoms with Gasteiger partial charge in [-0.05, 0) is 30.3 Å². The van der Waals surface area contributed by atoms with Crippen molar-refractivity contribution in [3.8, 4) is 5.75 Å². The molecule has 1 fully saturated rings. The van der Waals surface area contributed by atoms with Gasteiger partial charge in [0.2, 0.25) is 0 Å². The van der Waals surface area contributed by atoms with Crippen molar-refractivity contribution >= 4 is 11.6 Å². The van der Waals surface area contributed by atoms with Gasteiger partial charge in [0.05, 0.1) is 7.11 Å². The van der Waals surface area contributed by atoms with E-state index in [-0.39, 0.29) is 5.91 Å². The molecule has 0 unspecified atom stereocenters. The van der Waals surface area contributed by atoms with Crippen molar-refractivity contribution < 1.29 is 18.3 Å². The van der Waals surface area contributed by atoms with Crippen LogP contribution in [0.5, 0.6) is 5.75 Å². The van der Waals surface area contributed by atoms with Crippen molar-refractivity contribution in [2.24, 2.45) is 0 Å². The Balaban J connectivity index is 1.65. The zero-order valence-corrected chi connectivity index (χ0v) is 13.3.